The topological polar surface area (TPSA) is 40.6 Å². The largest absolute Gasteiger partial charge is 0.313 e. The number of carbonyl (C=O) groups is 2. The second-order valence-electron chi connectivity index (χ2n) is 9.21. The molecule has 0 saturated carbocycles. The molecule has 2 heterocycles. The van der Waals surface area contributed by atoms with Gasteiger partial charge in [-0.05, 0) is 42.8 Å². The van der Waals surface area contributed by atoms with E-state index in [2.05, 4.69) is 4.90 Å². The number of Topliss-reactive ketones (excluding diaryl/α,β-unsaturated/α-hetero) is 1. The molecule has 0 aromatic heterocycles. The third kappa shape index (κ3) is 2.05. The summed E-state index contributed by atoms with van der Waals surface area (Å²) >= 11 is 0. The maximum absolute atomic E-state index is 14.4. The molecule has 0 radical (unpaired) electrons. The number of ketones is 1. The van der Waals surface area contributed by atoms with Gasteiger partial charge < -0.3 is 4.90 Å². The number of amides is 1. The Balaban J connectivity index is 1.68. The zero-order chi connectivity index (χ0) is 22.3. The van der Waals surface area contributed by atoms with Crippen LogP contribution in [-0.2, 0) is 16.8 Å². The molecule has 1 aliphatic carbocycles. The molecule has 4 nitrogen and oxygen atoms in total. The van der Waals surface area contributed by atoms with Crippen molar-refractivity contribution in [2.45, 2.75) is 17.9 Å². The van der Waals surface area contributed by atoms with E-state index in [-0.39, 0.29) is 23.4 Å². The fraction of sp³-hybridized carbons (Fsp3) is 0.259. The molecule has 160 valence electrons. The highest BCUT2D eigenvalue weighted by Crippen LogP contribution is 2.67. The summed E-state index contributed by atoms with van der Waals surface area (Å²) in [6.45, 7) is 0.527. The Morgan fingerprint density at radius 2 is 1.59 bits per heavy atom. The molecule has 3 aromatic carbocycles. The molecule has 0 bridgehead atoms. The summed E-state index contributed by atoms with van der Waals surface area (Å²) in [6.07, 6.45) is 0.475. The second kappa shape index (κ2) is 6.36. The first-order valence-corrected chi connectivity index (χ1v) is 10.9. The van der Waals surface area contributed by atoms with Crippen LogP contribution in [0.3, 0.4) is 0 Å². The van der Waals surface area contributed by atoms with Crippen LogP contribution in [0.2, 0.25) is 0 Å². The smallest absolute Gasteiger partial charge is 0.253 e. The van der Waals surface area contributed by atoms with Gasteiger partial charge in [0.05, 0.1) is 5.41 Å². The Labute approximate surface area is 186 Å². The minimum Gasteiger partial charge on any atom is -0.313 e. The molecule has 1 amide bonds. The Bertz CT molecular complexity index is 1290. The Kier molecular flexibility index (Phi) is 3.85. The highest BCUT2D eigenvalue weighted by Gasteiger charge is 2.75. The monoisotopic (exact) mass is 426 g/mol. The molecule has 6 rings (SSSR count). The van der Waals surface area contributed by atoms with Crippen molar-refractivity contribution in [3.05, 3.63) is 101 Å². The number of likely N-dealkylation sites (N-methyl/N-ethyl adjacent to an activating group) is 2. The normalized spacial score (nSPS) is 28.7. The van der Waals surface area contributed by atoms with Crippen molar-refractivity contribution in [1.82, 2.24) is 4.90 Å². The summed E-state index contributed by atoms with van der Waals surface area (Å²) in [4.78, 5) is 32.3. The standard InChI is InChI=1S/C27H23FN2O2/c1-29-16-22(17-11-13-19(28)14-12-17)26(15-18-7-3-4-8-20(18)24(26)31)27(29)21-9-5-6-10-23(21)30(2)25(27)32/h3-14,22H,15-16H2,1-2H3/t22-,26+,27+/m0/s1. The maximum atomic E-state index is 14.4. The second-order valence-corrected chi connectivity index (χ2v) is 9.21. The molecule has 32 heavy (non-hydrogen) atoms. The lowest BCUT2D eigenvalue weighted by molar-refractivity contribution is -0.132. The summed E-state index contributed by atoms with van der Waals surface area (Å²) in [5.74, 6) is -0.638. The van der Waals surface area contributed by atoms with E-state index in [4.69, 9.17) is 0 Å². The van der Waals surface area contributed by atoms with Crippen molar-refractivity contribution in [3.8, 4) is 0 Å². The summed E-state index contributed by atoms with van der Waals surface area (Å²) in [5.41, 5.74) is 2.13. The van der Waals surface area contributed by atoms with Gasteiger partial charge in [-0.15, -0.1) is 0 Å². The van der Waals surface area contributed by atoms with Crippen molar-refractivity contribution in [3.63, 3.8) is 0 Å². The van der Waals surface area contributed by atoms with Crippen LogP contribution >= 0.6 is 0 Å². The fourth-order valence-electron chi connectivity index (χ4n) is 6.67. The van der Waals surface area contributed by atoms with Crippen LogP contribution in [0, 0.1) is 11.2 Å². The Morgan fingerprint density at radius 3 is 2.34 bits per heavy atom. The lowest BCUT2D eigenvalue weighted by Crippen LogP contribution is -2.59. The Hall–Kier alpha value is -3.31. The molecule has 2 aliphatic heterocycles. The molecule has 0 unspecified atom stereocenters. The van der Waals surface area contributed by atoms with Crippen LogP contribution < -0.4 is 4.90 Å². The molecule has 1 fully saturated rings. The molecular weight excluding hydrogens is 403 g/mol. The van der Waals surface area contributed by atoms with Crippen LogP contribution in [-0.4, -0.2) is 37.2 Å². The van der Waals surface area contributed by atoms with Crippen LogP contribution in [0.4, 0.5) is 10.1 Å². The van der Waals surface area contributed by atoms with Gasteiger partial charge in [0.15, 0.2) is 5.78 Å². The third-order valence-electron chi connectivity index (χ3n) is 7.95. The summed E-state index contributed by atoms with van der Waals surface area (Å²) in [7, 11) is 3.73. The predicted octanol–water partition coefficient (Wildman–Crippen LogP) is 4.15. The maximum Gasteiger partial charge on any atom is 0.253 e. The first-order valence-electron chi connectivity index (χ1n) is 10.9. The number of rotatable bonds is 1. The lowest BCUT2D eigenvalue weighted by Gasteiger charge is -2.44. The van der Waals surface area contributed by atoms with Crippen molar-refractivity contribution in [1.29, 1.82) is 0 Å². The summed E-state index contributed by atoms with van der Waals surface area (Å²) in [5, 5.41) is 0. The number of hydrogen-bond acceptors (Lipinski definition) is 3. The molecule has 1 saturated heterocycles. The van der Waals surface area contributed by atoms with Gasteiger partial charge in [0.25, 0.3) is 5.91 Å². The SMILES string of the molecule is CN1C(=O)[C@@]2(c3ccccc31)N(C)C[C@@H](c1ccc(F)cc1)[C@@]21Cc2ccccc2C1=O. The number of carbonyl (C=O) groups excluding carboxylic acids is 2. The van der Waals surface area contributed by atoms with Crippen molar-refractivity contribution >= 4 is 17.4 Å². The quantitative estimate of drug-likeness (QED) is 0.587. The highest BCUT2D eigenvalue weighted by molar-refractivity contribution is 6.16. The van der Waals surface area contributed by atoms with Gasteiger partial charge in [0.2, 0.25) is 0 Å². The van der Waals surface area contributed by atoms with Gasteiger partial charge in [-0.1, -0.05) is 54.6 Å². The molecule has 3 atom stereocenters. The number of halogens is 1. The van der Waals surface area contributed by atoms with E-state index in [0.29, 0.717) is 18.5 Å². The van der Waals surface area contributed by atoms with E-state index in [0.717, 1.165) is 22.4 Å². The molecule has 2 spiro atoms. The van der Waals surface area contributed by atoms with Crippen molar-refractivity contribution in [2.75, 3.05) is 25.5 Å². The first-order chi connectivity index (χ1) is 15.4. The number of para-hydroxylation sites is 1. The molecule has 5 heteroatoms. The van der Waals surface area contributed by atoms with Crippen molar-refractivity contribution in [2.24, 2.45) is 5.41 Å². The van der Waals surface area contributed by atoms with E-state index in [1.807, 2.05) is 55.6 Å². The fourth-order valence-corrected chi connectivity index (χ4v) is 6.67. The van der Waals surface area contributed by atoms with E-state index in [1.165, 1.54) is 12.1 Å². The van der Waals surface area contributed by atoms with Gasteiger partial charge in [-0.3, -0.25) is 14.5 Å². The Morgan fingerprint density at radius 1 is 0.906 bits per heavy atom. The number of likely N-dealkylation sites (tertiary alicyclic amines) is 1. The van der Waals surface area contributed by atoms with Gasteiger partial charge in [0, 0.05) is 36.3 Å². The van der Waals surface area contributed by atoms with Crippen LogP contribution in [0.15, 0.2) is 72.8 Å². The average molecular weight is 426 g/mol. The summed E-state index contributed by atoms with van der Waals surface area (Å²) < 4.78 is 13.8. The van der Waals surface area contributed by atoms with Gasteiger partial charge >= 0.3 is 0 Å². The van der Waals surface area contributed by atoms with Gasteiger partial charge in [-0.2, -0.15) is 0 Å². The van der Waals surface area contributed by atoms with E-state index in [1.54, 1.807) is 24.1 Å². The van der Waals surface area contributed by atoms with Crippen LogP contribution in [0.1, 0.15) is 33.0 Å². The minimum absolute atomic E-state index is 0.00484. The third-order valence-corrected chi connectivity index (χ3v) is 7.95. The number of benzene rings is 3. The van der Waals surface area contributed by atoms with Crippen LogP contribution in [0.5, 0.6) is 0 Å². The van der Waals surface area contributed by atoms with Gasteiger partial charge in [-0.25, -0.2) is 4.39 Å². The number of hydrogen-bond donors (Lipinski definition) is 0. The van der Waals surface area contributed by atoms with E-state index < -0.39 is 11.0 Å². The predicted molar refractivity (Wildman–Crippen MR) is 120 cm³/mol. The van der Waals surface area contributed by atoms with Crippen LogP contribution in [0.25, 0.3) is 0 Å². The zero-order valence-electron chi connectivity index (χ0n) is 18.0. The molecular formula is C27H23FN2O2. The van der Waals surface area contributed by atoms with E-state index >= 15 is 0 Å². The zero-order valence-corrected chi connectivity index (χ0v) is 18.0. The number of anilines is 1. The van der Waals surface area contributed by atoms with E-state index in [9.17, 15) is 14.0 Å². The van der Waals surface area contributed by atoms with Gasteiger partial charge in [0.1, 0.15) is 11.4 Å². The summed E-state index contributed by atoms with van der Waals surface area (Å²) in [6, 6.07) is 21.9. The minimum atomic E-state index is -1.12. The first kappa shape index (κ1) is 19.4. The lowest BCUT2D eigenvalue weighted by atomic mass is 9.59. The number of fused-ring (bicyclic) bond motifs is 4. The molecule has 0 N–H and O–H groups in total. The van der Waals surface area contributed by atoms with Crippen molar-refractivity contribution < 1.29 is 14.0 Å². The highest BCUT2D eigenvalue weighted by atomic mass is 19.1. The average Bonchev–Trinajstić information content (AvgIpc) is 3.34. The molecule has 3 aromatic rings. The number of nitrogens with zero attached hydrogens (tertiary/aromatic N) is 2. The molecule has 3 aliphatic rings.